The highest BCUT2D eigenvalue weighted by molar-refractivity contribution is 5.86. The van der Waals surface area contributed by atoms with Crippen LogP contribution in [-0.4, -0.2) is 29.2 Å². The van der Waals surface area contributed by atoms with E-state index in [1.807, 2.05) is 30.3 Å². The molecule has 1 rings (SSSR count). The number of benzene rings is 1. The number of nitrogens with one attached hydrogen (secondary N) is 2. The van der Waals surface area contributed by atoms with E-state index in [9.17, 15) is 9.59 Å². The molecule has 1 aromatic rings. The molecule has 0 aromatic heterocycles. The summed E-state index contributed by atoms with van der Waals surface area (Å²) in [5, 5.41) is 11.1. The van der Waals surface area contributed by atoms with E-state index >= 15 is 0 Å². The highest BCUT2D eigenvalue weighted by atomic mass is 16.5. The molecule has 0 bridgehead atoms. The van der Waals surface area contributed by atoms with Gasteiger partial charge in [0.05, 0.1) is 12.7 Å². The van der Waals surface area contributed by atoms with Gasteiger partial charge in [0.25, 0.3) is 5.91 Å². The highest BCUT2D eigenvalue weighted by Crippen LogP contribution is 2.06. The normalized spacial score (nSPS) is 13.4. The van der Waals surface area contributed by atoms with Crippen molar-refractivity contribution in [1.29, 1.82) is 0 Å². The van der Waals surface area contributed by atoms with Gasteiger partial charge in [0.15, 0.2) is 0 Å². The maximum absolute atomic E-state index is 11.4. The largest absolute Gasteiger partial charge is 0.371 e. The molecule has 0 aliphatic heterocycles. The van der Waals surface area contributed by atoms with Crippen molar-refractivity contribution in [2.45, 2.75) is 32.6 Å². The summed E-state index contributed by atoms with van der Waals surface area (Å²) >= 11 is 0. The number of rotatable bonds is 6. The van der Waals surface area contributed by atoms with Crippen molar-refractivity contribution in [2.24, 2.45) is 0 Å². The second kappa shape index (κ2) is 7.50. The average molecular weight is 266 g/mol. The zero-order chi connectivity index (χ0) is 14.3. The summed E-state index contributed by atoms with van der Waals surface area (Å²) in [5.41, 5.74) is 2.47. The van der Waals surface area contributed by atoms with Gasteiger partial charge in [0.2, 0.25) is 5.91 Å². The first kappa shape index (κ1) is 15.1. The van der Waals surface area contributed by atoms with E-state index in [0.717, 1.165) is 5.56 Å². The lowest BCUT2D eigenvalue weighted by Gasteiger charge is -2.23. The third-order valence-electron chi connectivity index (χ3n) is 2.58. The molecule has 3 N–H and O–H groups in total. The Kier molecular flexibility index (Phi) is 5.98. The summed E-state index contributed by atoms with van der Waals surface area (Å²) in [5.74, 6) is -1.08. The fraction of sp³-hybridized carbons (Fsp3) is 0.385. The smallest absolute Gasteiger partial charge is 0.268 e. The van der Waals surface area contributed by atoms with Crippen LogP contribution in [0, 0.1) is 0 Å². The number of hydrogen-bond acceptors (Lipinski definition) is 4. The van der Waals surface area contributed by atoms with E-state index in [-0.39, 0.29) is 5.91 Å². The average Bonchev–Trinajstić information content (AvgIpc) is 2.42. The van der Waals surface area contributed by atoms with Gasteiger partial charge in [-0.25, -0.2) is 5.48 Å². The molecule has 0 fully saturated rings. The first-order valence-corrected chi connectivity index (χ1v) is 5.91. The van der Waals surface area contributed by atoms with Gasteiger partial charge in [-0.05, 0) is 12.5 Å². The van der Waals surface area contributed by atoms with Crippen LogP contribution in [0.4, 0.5) is 0 Å². The minimum Gasteiger partial charge on any atom is -0.371 e. The van der Waals surface area contributed by atoms with Gasteiger partial charge in [-0.15, -0.1) is 0 Å². The summed E-state index contributed by atoms with van der Waals surface area (Å²) < 4.78 is 5.53. The number of carbonyl (C=O) groups is 2. The van der Waals surface area contributed by atoms with Crippen LogP contribution in [0.2, 0.25) is 0 Å². The molecule has 0 aliphatic carbocycles. The van der Waals surface area contributed by atoms with Crippen molar-refractivity contribution in [1.82, 2.24) is 10.8 Å². The fourth-order valence-corrected chi connectivity index (χ4v) is 1.58. The molecule has 6 heteroatoms. The van der Waals surface area contributed by atoms with Crippen LogP contribution >= 0.6 is 0 Å². The fourth-order valence-electron chi connectivity index (χ4n) is 1.58. The standard InChI is InChI=1S/C13H18N2O4/c1-9(12(13(17)15-18)14-10(2)16)19-8-11-6-4-3-5-7-11/h3-7,9,12,18H,8H2,1-2H3,(H,14,16)(H,15,17). The molecule has 2 amide bonds. The Morgan fingerprint density at radius 1 is 1.32 bits per heavy atom. The molecule has 2 atom stereocenters. The number of hydroxylamine groups is 1. The summed E-state index contributed by atoms with van der Waals surface area (Å²) in [4.78, 5) is 22.5. The molecule has 0 aliphatic rings. The summed E-state index contributed by atoms with van der Waals surface area (Å²) in [6.45, 7) is 3.26. The van der Waals surface area contributed by atoms with Gasteiger partial charge in [0.1, 0.15) is 6.04 Å². The monoisotopic (exact) mass is 266 g/mol. The molecule has 1 aromatic carbocycles. The van der Waals surface area contributed by atoms with Gasteiger partial charge in [-0.2, -0.15) is 0 Å². The van der Waals surface area contributed by atoms with Crippen LogP contribution in [0.5, 0.6) is 0 Å². The summed E-state index contributed by atoms with van der Waals surface area (Å²) in [6.07, 6.45) is -0.573. The number of ether oxygens (including phenoxy) is 1. The highest BCUT2D eigenvalue weighted by Gasteiger charge is 2.26. The molecular formula is C13H18N2O4. The molecule has 0 spiro atoms. The van der Waals surface area contributed by atoms with Crippen molar-refractivity contribution >= 4 is 11.8 Å². The van der Waals surface area contributed by atoms with Gasteiger partial charge < -0.3 is 10.1 Å². The van der Waals surface area contributed by atoms with Crippen molar-refractivity contribution in [2.75, 3.05) is 0 Å². The van der Waals surface area contributed by atoms with Gasteiger partial charge >= 0.3 is 0 Å². The Hall–Kier alpha value is -1.92. The van der Waals surface area contributed by atoms with Crippen LogP contribution in [-0.2, 0) is 20.9 Å². The molecule has 104 valence electrons. The van der Waals surface area contributed by atoms with E-state index in [4.69, 9.17) is 9.94 Å². The van der Waals surface area contributed by atoms with Crippen LogP contribution in [0.1, 0.15) is 19.4 Å². The summed E-state index contributed by atoms with van der Waals surface area (Å²) in [7, 11) is 0. The van der Waals surface area contributed by atoms with E-state index in [1.54, 1.807) is 6.92 Å². The second-order valence-electron chi connectivity index (χ2n) is 4.16. The topological polar surface area (TPSA) is 87.7 Å². The van der Waals surface area contributed by atoms with Gasteiger partial charge in [0, 0.05) is 6.92 Å². The first-order chi connectivity index (χ1) is 9.04. The van der Waals surface area contributed by atoms with E-state index in [0.29, 0.717) is 6.61 Å². The molecular weight excluding hydrogens is 248 g/mol. The van der Waals surface area contributed by atoms with Gasteiger partial charge in [-0.3, -0.25) is 14.8 Å². The quantitative estimate of drug-likeness (QED) is 0.520. The Labute approximate surface area is 111 Å². The SMILES string of the molecule is CC(=O)NC(C(=O)NO)C(C)OCc1ccccc1. The Morgan fingerprint density at radius 2 is 1.95 bits per heavy atom. The van der Waals surface area contributed by atoms with Crippen LogP contribution in [0.3, 0.4) is 0 Å². The predicted octanol–water partition coefficient (Wildman–Crippen LogP) is 0.602. The number of hydrogen-bond donors (Lipinski definition) is 3. The molecule has 0 saturated carbocycles. The number of carbonyl (C=O) groups excluding carboxylic acids is 2. The van der Waals surface area contributed by atoms with E-state index in [1.165, 1.54) is 12.4 Å². The molecule has 0 radical (unpaired) electrons. The zero-order valence-electron chi connectivity index (χ0n) is 10.9. The van der Waals surface area contributed by atoms with Crippen molar-refractivity contribution in [3.63, 3.8) is 0 Å². The molecule has 6 nitrogen and oxygen atoms in total. The zero-order valence-corrected chi connectivity index (χ0v) is 10.9. The van der Waals surface area contributed by atoms with Crippen LogP contribution in [0.15, 0.2) is 30.3 Å². The van der Waals surface area contributed by atoms with Crippen molar-refractivity contribution in [3.8, 4) is 0 Å². The second-order valence-corrected chi connectivity index (χ2v) is 4.16. The predicted molar refractivity (Wildman–Crippen MR) is 68.2 cm³/mol. The lowest BCUT2D eigenvalue weighted by Crippen LogP contribution is -2.52. The lowest BCUT2D eigenvalue weighted by atomic mass is 10.1. The van der Waals surface area contributed by atoms with E-state index in [2.05, 4.69) is 5.32 Å². The Bertz CT molecular complexity index is 422. The minimum absolute atomic E-state index is 0.316. The van der Waals surface area contributed by atoms with Crippen molar-refractivity contribution in [3.05, 3.63) is 35.9 Å². The number of amides is 2. The van der Waals surface area contributed by atoms with Crippen LogP contribution in [0.25, 0.3) is 0 Å². The minimum atomic E-state index is -0.939. The molecule has 0 heterocycles. The third kappa shape index (κ3) is 5.07. The van der Waals surface area contributed by atoms with Crippen LogP contribution < -0.4 is 10.8 Å². The van der Waals surface area contributed by atoms with Crippen molar-refractivity contribution < 1.29 is 19.5 Å². The van der Waals surface area contributed by atoms with E-state index < -0.39 is 18.1 Å². The summed E-state index contributed by atoms with van der Waals surface area (Å²) in [6, 6.07) is 8.51. The molecule has 19 heavy (non-hydrogen) atoms. The maximum atomic E-state index is 11.4. The molecule has 0 saturated heterocycles. The Balaban J connectivity index is 2.59. The third-order valence-corrected chi connectivity index (χ3v) is 2.58. The first-order valence-electron chi connectivity index (χ1n) is 5.91. The lowest BCUT2D eigenvalue weighted by molar-refractivity contribution is -0.138. The maximum Gasteiger partial charge on any atom is 0.268 e. The Morgan fingerprint density at radius 3 is 2.47 bits per heavy atom. The molecule has 2 unspecified atom stereocenters. The van der Waals surface area contributed by atoms with Gasteiger partial charge in [-0.1, -0.05) is 30.3 Å².